The fraction of sp³-hybridized carbons (Fsp3) is 0.467. The summed E-state index contributed by atoms with van der Waals surface area (Å²) in [6.45, 7) is 3.11. The molecule has 1 fully saturated rings. The topological polar surface area (TPSA) is 9.23 Å². The second-order valence-electron chi connectivity index (χ2n) is 4.60. The second-order valence-corrected chi connectivity index (χ2v) is 8.37. The molecule has 2 aliphatic carbocycles. The van der Waals surface area contributed by atoms with E-state index >= 15 is 0 Å². The van der Waals surface area contributed by atoms with Crippen LogP contribution in [0.3, 0.4) is 0 Å². The smallest absolute Gasteiger partial charge is 0.0547 e. The van der Waals surface area contributed by atoms with Crippen molar-refractivity contribution in [1.82, 2.24) is 0 Å². The zero-order valence-corrected chi connectivity index (χ0v) is 12.9. The van der Waals surface area contributed by atoms with E-state index in [1.807, 2.05) is 0 Å². The van der Waals surface area contributed by atoms with Crippen molar-refractivity contribution in [2.45, 2.75) is 38.7 Å². The van der Waals surface area contributed by atoms with Crippen LogP contribution in [0.2, 0.25) is 0 Å². The van der Waals surface area contributed by atoms with Gasteiger partial charge in [0.05, 0.1) is 6.10 Å². The van der Waals surface area contributed by atoms with Gasteiger partial charge in [-0.25, -0.2) is 0 Å². The monoisotopic (exact) mass is 306 g/mol. The molecule has 0 aromatic heterocycles. The van der Waals surface area contributed by atoms with Crippen molar-refractivity contribution in [3.8, 4) is 0 Å². The van der Waals surface area contributed by atoms with Gasteiger partial charge in [-0.1, -0.05) is 0 Å². The zero-order valence-electron chi connectivity index (χ0n) is 10.5. The SMILES string of the molecule is C1=CC[C]([Zr][C]2=CC=CC2)=C1.CC1CCCO1. The van der Waals surface area contributed by atoms with Crippen LogP contribution in [0.15, 0.2) is 43.0 Å². The number of hydrogen-bond acceptors (Lipinski definition) is 1. The van der Waals surface area contributed by atoms with Gasteiger partial charge in [-0.05, 0) is 19.8 Å². The standard InChI is InChI=1S/C5H10O.2C5H5.Zr/c1-5-3-2-4-6-5;2*1-2-4-5-3-1;/h5H,2-4H2,1H3;2*1-3H,4H2;. The van der Waals surface area contributed by atoms with Crippen LogP contribution in [0, 0.1) is 0 Å². The number of ether oxygens (including phenoxy) is 1. The van der Waals surface area contributed by atoms with E-state index in [0.717, 1.165) is 6.61 Å². The largest absolute Gasteiger partial charge is 0.379 e. The van der Waals surface area contributed by atoms with Gasteiger partial charge in [0.2, 0.25) is 0 Å². The van der Waals surface area contributed by atoms with Crippen molar-refractivity contribution in [3.05, 3.63) is 43.0 Å². The Morgan fingerprint density at radius 2 is 1.76 bits per heavy atom. The minimum absolute atomic E-state index is 0.312. The molecular weight excluding hydrogens is 287 g/mol. The van der Waals surface area contributed by atoms with Crippen LogP contribution in [-0.2, 0) is 28.0 Å². The molecule has 1 unspecified atom stereocenters. The molecule has 1 aliphatic heterocycles. The maximum atomic E-state index is 5.15. The minimum Gasteiger partial charge on any atom is -0.379 e. The fourth-order valence-corrected chi connectivity index (χ4v) is 5.00. The predicted octanol–water partition coefficient (Wildman–Crippen LogP) is 3.94. The average molecular weight is 308 g/mol. The number of allylic oxidation sites excluding steroid dienone is 8. The third-order valence-corrected chi connectivity index (χ3v) is 6.42. The van der Waals surface area contributed by atoms with Gasteiger partial charge >= 0.3 is 79.1 Å². The molecule has 0 bridgehead atoms. The summed E-state index contributed by atoms with van der Waals surface area (Å²) >= 11 is -0.312. The molecule has 3 rings (SSSR count). The van der Waals surface area contributed by atoms with Gasteiger partial charge in [0.25, 0.3) is 0 Å². The summed E-state index contributed by atoms with van der Waals surface area (Å²) in [6, 6.07) is 0. The Kier molecular flexibility index (Phi) is 5.67. The van der Waals surface area contributed by atoms with E-state index in [2.05, 4.69) is 43.4 Å². The Bertz CT molecular complexity index is 329. The molecule has 3 aliphatic rings. The Morgan fingerprint density at radius 1 is 1.12 bits per heavy atom. The Hall–Kier alpha value is -0.197. The molecule has 90 valence electrons. The van der Waals surface area contributed by atoms with Crippen LogP contribution < -0.4 is 0 Å². The van der Waals surface area contributed by atoms with E-state index < -0.39 is 0 Å². The summed E-state index contributed by atoms with van der Waals surface area (Å²) in [6.07, 6.45) is 19.1. The predicted molar refractivity (Wildman–Crippen MR) is 68.3 cm³/mol. The first-order valence-electron chi connectivity index (χ1n) is 6.44. The minimum atomic E-state index is -0.312. The first-order valence-corrected chi connectivity index (χ1v) is 8.90. The molecule has 17 heavy (non-hydrogen) atoms. The number of hydrogen-bond donors (Lipinski definition) is 0. The summed E-state index contributed by atoms with van der Waals surface area (Å²) in [4.78, 5) is 0. The molecule has 0 radical (unpaired) electrons. The molecule has 0 aromatic carbocycles. The Morgan fingerprint density at radius 3 is 2.06 bits per heavy atom. The number of rotatable bonds is 2. The summed E-state index contributed by atoms with van der Waals surface area (Å²) in [5.74, 6) is 0. The molecule has 0 amide bonds. The van der Waals surface area contributed by atoms with Crippen LogP contribution in [0.1, 0.15) is 32.6 Å². The third kappa shape index (κ3) is 4.89. The van der Waals surface area contributed by atoms with E-state index in [9.17, 15) is 0 Å². The molecule has 1 nitrogen and oxygen atoms in total. The average Bonchev–Trinajstić information content (AvgIpc) is 3.02. The summed E-state index contributed by atoms with van der Waals surface area (Å²) in [5, 5.41) is 0. The Labute approximate surface area is 116 Å². The van der Waals surface area contributed by atoms with Gasteiger partial charge in [-0.15, -0.1) is 0 Å². The van der Waals surface area contributed by atoms with Gasteiger partial charge in [0, 0.05) is 6.61 Å². The van der Waals surface area contributed by atoms with Gasteiger partial charge in [-0.2, -0.15) is 0 Å². The van der Waals surface area contributed by atoms with Crippen molar-refractivity contribution >= 4 is 0 Å². The molecule has 1 atom stereocenters. The molecule has 0 spiro atoms. The maximum absolute atomic E-state index is 5.15. The molecule has 0 saturated carbocycles. The van der Waals surface area contributed by atoms with E-state index in [1.54, 1.807) is 6.56 Å². The van der Waals surface area contributed by atoms with Crippen LogP contribution >= 0.6 is 0 Å². The first-order chi connectivity index (χ1) is 8.34. The van der Waals surface area contributed by atoms with Gasteiger partial charge in [0.15, 0.2) is 0 Å². The molecular formula is C15H20OZr. The van der Waals surface area contributed by atoms with E-state index in [0.29, 0.717) is 6.10 Å². The van der Waals surface area contributed by atoms with Crippen molar-refractivity contribution in [2.75, 3.05) is 6.61 Å². The third-order valence-electron chi connectivity index (χ3n) is 3.02. The first kappa shape index (κ1) is 13.2. The zero-order chi connectivity index (χ0) is 11.9. The molecule has 0 N–H and O–H groups in total. The maximum Gasteiger partial charge on any atom is 0.0547 e. The van der Waals surface area contributed by atoms with Crippen molar-refractivity contribution in [1.29, 1.82) is 0 Å². The fourth-order valence-electron chi connectivity index (χ4n) is 2.02. The Balaban J connectivity index is 0.000000153. The normalized spacial score (nSPS) is 25.4. The van der Waals surface area contributed by atoms with Gasteiger partial charge in [-0.3, -0.25) is 0 Å². The second kappa shape index (κ2) is 7.28. The molecule has 2 heteroatoms. The van der Waals surface area contributed by atoms with Crippen molar-refractivity contribution < 1.29 is 28.0 Å². The van der Waals surface area contributed by atoms with Crippen LogP contribution in [0.5, 0.6) is 0 Å². The van der Waals surface area contributed by atoms with Crippen molar-refractivity contribution in [2.24, 2.45) is 0 Å². The van der Waals surface area contributed by atoms with Crippen molar-refractivity contribution in [3.63, 3.8) is 0 Å². The van der Waals surface area contributed by atoms with Gasteiger partial charge < -0.3 is 4.74 Å². The van der Waals surface area contributed by atoms with E-state index in [4.69, 9.17) is 4.74 Å². The van der Waals surface area contributed by atoms with Gasteiger partial charge in [0.1, 0.15) is 0 Å². The molecule has 0 aromatic rings. The summed E-state index contributed by atoms with van der Waals surface area (Å²) in [7, 11) is 0. The summed E-state index contributed by atoms with van der Waals surface area (Å²) in [5.41, 5.74) is 0. The quantitative estimate of drug-likeness (QED) is 0.751. The van der Waals surface area contributed by atoms with Crippen LogP contribution in [0.4, 0.5) is 0 Å². The van der Waals surface area contributed by atoms with Crippen LogP contribution in [-0.4, -0.2) is 12.7 Å². The van der Waals surface area contributed by atoms with E-state index in [1.165, 1.54) is 25.7 Å². The molecule has 1 saturated heterocycles. The summed E-state index contributed by atoms with van der Waals surface area (Å²) < 4.78 is 8.60. The molecule has 1 heterocycles. The van der Waals surface area contributed by atoms with E-state index in [-0.39, 0.29) is 23.2 Å². The van der Waals surface area contributed by atoms with Crippen LogP contribution in [0.25, 0.3) is 0 Å².